The van der Waals surface area contributed by atoms with Crippen LogP contribution in [0.15, 0.2) is 36.8 Å². The molecule has 0 amide bonds. The first-order chi connectivity index (χ1) is 12.8. The second kappa shape index (κ2) is 6.85. The number of anilines is 1. The van der Waals surface area contributed by atoms with Gasteiger partial charge in [0.15, 0.2) is 0 Å². The van der Waals surface area contributed by atoms with Crippen LogP contribution in [0, 0.1) is 5.92 Å². The standard InChI is InChI=1S/C20H24N4O2/c1-2-19-17(3-6-26-19)7-15(1)9-23-10-16-11-24(12-18(23)14-25-13-16)20-8-21-4-5-22-20/h1-2,4-5,7-8,16,18H,3,6,9-14H2/t16-,18+/m1/s1. The zero-order valence-electron chi connectivity index (χ0n) is 14.9. The van der Waals surface area contributed by atoms with Gasteiger partial charge in [0, 0.05) is 50.9 Å². The molecule has 136 valence electrons. The molecule has 2 bridgehead atoms. The molecular formula is C20H24N4O2. The lowest BCUT2D eigenvalue weighted by molar-refractivity contribution is 0.0872. The predicted octanol–water partition coefficient (Wildman–Crippen LogP) is 1.75. The Hall–Kier alpha value is -2.18. The van der Waals surface area contributed by atoms with Gasteiger partial charge in [0.25, 0.3) is 0 Å². The lowest BCUT2D eigenvalue weighted by Crippen LogP contribution is -2.43. The Balaban J connectivity index is 1.36. The van der Waals surface area contributed by atoms with Gasteiger partial charge in [0.1, 0.15) is 11.6 Å². The van der Waals surface area contributed by atoms with Crippen LogP contribution >= 0.6 is 0 Å². The summed E-state index contributed by atoms with van der Waals surface area (Å²) in [6.45, 7) is 6.35. The van der Waals surface area contributed by atoms with Crippen LogP contribution in [0.4, 0.5) is 5.82 Å². The third kappa shape index (κ3) is 3.15. The fourth-order valence-corrected chi connectivity index (χ4v) is 4.34. The van der Waals surface area contributed by atoms with Crippen molar-refractivity contribution in [1.29, 1.82) is 0 Å². The van der Waals surface area contributed by atoms with Crippen molar-refractivity contribution >= 4 is 5.82 Å². The lowest BCUT2D eigenvalue weighted by Gasteiger charge is -2.31. The van der Waals surface area contributed by atoms with Crippen molar-refractivity contribution in [2.45, 2.75) is 19.0 Å². The summed E-state index contributed by atoms with van der Waals surface area (Å²) in [7, 11) is 0. The quantitative estimate of drug-likeness (QED) is 0.839. The van der Waals surface area contributed by atoms with Crippen molar-refractivity contribution in [2.75, 3.05) is 44.4 Å². The number of rotatable bonds is 3. The zero-order valence-corrected chi connectivity index (χ0v) is 14.9. The summed E-state index contributed by atoms with van der Waals surface area (Å²) in [5.41, 5.74) is 2.71. The smallest absolute Gasteiger partial charge is 0.147 e. The van der Waals surface area contributed by atoms with Crippen LogP contribution in [-0.2, 0) is 17.7 Å². The normalized spacial score (nSPS) is 25.5. The van der Waals surface area contributed by atoms with Crippen LogP contribution < -0.4 is 9.64 Å². The van der Waals surface area contributed by atoms with E-state index in [9.17, 15) is 0 Å². The summed E-state index contributed by atoms with van der Waals surface area (Å²) in [6.07, 6.45) is 6.40. The summed E-state index contributed by atoms with van der Waals surface area (Å²) in [5, 5.41) is 0. The van der Waals surface area contributed by atoms with E-state index in [1.165, 1.54) is 11.1 Å². The van der Waals surface area contributed by atoms with Gasteiger partial charge in [-0.1, -0.05) is 12.1 Å². The summed E-state index contributed by atoms with van der Waals surface area (Å²) in [5.74, 6) is 2.52. The minimum atomic E-state index is 0.369. The van der Waals surface area contributed by atoms with Crippen LogP contribution in [-0.4, -0.2) is 60.4 Å². The zero-order chi connectivity index (χ0) is 17.3. The van der Waals surface area contributed by atoms with Gasteiger partial charge in [0.05, 0.1) is 32.1 Å². The third-order valence-electron chi connectivity index (χ3n) is 5.60. The van der Waals surface area contributed by atoms with E-state index in [4.69, 9.17) is 9.47 Å². The first-order valence-corrected chi connectivity index (χ1v) is 9.42. The van der Waals surface area contributed by atoms with Crippen LogP contribution in [0.3, 0.4) is 0 Å². The van der Waals surface area contributed by atoms with E-state index in [-0.39, 0.29) is 0 Å². The molecule has 4 heterocycles. The van der Waals surface area contributed by atoms with Crippen LogP contribution in [0.25, 0.3) is 0 Å². The molecule has 0 radical (unpaired) electrons. The summed E-state index contributed by atoms with van der Waals surface area (Å²) in [4.78, 5) is 13.7. The minimum Gasteiger partial charge on any atom is -0.493 e. The van der Waals surface area contributed by atoms with E-state index in [0.29, 0.717) is 12.0 Å². The third-order valence-corrected chi connectivity index (χ3v) is 5.60. The Morgan fingerprint density at radius 1 is 1.12 bits per heavy atom. The van der Waals surface area contributed by atoms with Gasteiger partial charge in [0.2, 0.25) is 0 Å². The minimum absolute atomic E-state index is 0.369. The number of ether oxygens (including phenoxy) is 2. The fraction of sp³-hybridized carbons (Fsp3) is 0.500. The van der Waals surface area contributed by atoms with Gasteiger partial charge >= 0.3 is 0 Å². The van der Waals surface area contributed by atoms with E-state index >= 15 is 0 Å². The fourth-order valence-electron chi connectivity index (χ4n) is 4.34. The second-order valence-electron chi connectivity index (χ2n) is 7.50. The van der Waals surface area contributed by atoms with Crippen molar-refractivity contribution in [3.8, 4) is 5.75 Å². The molecule has 1 aromatic carbocycles. The number of aromatic nitrogens is 2. The summed E-state index contributed by atoms with van der Waals surface area (Å²) in [6, 6.07) is 7.02. The Morgan fingerprint density at radius 3 is 3.04 bits per heavy atom. The Morgan fingerprint density at radius 2 is 2.12 bits per heavy atom. The Kier molecular flexibility index (Phi) is 4.22. The van der Waals surface area contributed by atoms with Gasteiger partial charge in [-0.3, -0.25) is 9.88 Å². The average Bonchev–Trinajstić information content (AvgIpc) is 2.95. The maximum atomic E-state index is 5.96. The van der Waals surface area contributed by atoms with E-state index in [1.807, 2.05) is 6.20 Å². The number of fused-ring (bicyclic) bond motifs is 4. The first kappa shape index (κ1) is 16.0. The van der Waals surface area contributed by atoms with Crippen LogP contribution in [0.2, 0.25) is 0 Å². The molecule has 0 N–H and O–H groups in total. The molecule has 6 nitrogen and oxygen atoms in total. The van der Waals surface area contributed by atoms with E-state index < -0.39 is 0 Å². The summed E-state index contributed by atoms with van der Waals surface area (Å²) < 4.78 is 11.6. The molecule has 2 fully saturated rings. The van der Waals surface area contributed by atoms with Gasteiger partial charge in [-0.25, -0.2) is 4.98 Å². The van der Waals surface area contributed by atoms with Gasteiger partial charge in [-0.05, 0) is 17.2 Å². The highest BCUT2D eigenvalue weighted by Gasteiger charge is 2.34. The molecule has 3 aliphatic rings. The topological polar surface area (TPSA) is 50.7 Å². The van der Waals surface area contributed by atoms with E-state index in [0.717, 1.165) is 64.0 Å². The van der Waals surface area contributed by atoms with Crippen LogP contribution in [0.1, 0.15) is 11.1 Å². The van der Waals surface area contributed by atoms with Crippen molar-refractivity contribution in [3.63, 3.8) is 0 Å². The van der Waals surface area contributed by atoms with Crippen molar-refractivity contribution in [1.82, 2.24) is 14.9 Å². The van der Waals surface area contributed by atoms with Gasteiger partial charge in [-0.15, -0.1) is 0 Å². The molecule has 5 rings (SSSR count). The summed E-state index contributed by atoms with van der Waals surface area (Å²) >= 11 is 0. The van der Waals surface area contributed by atoms with Crippen molar-refractivity contribution in [3.05, 3.63) is 47.9 Å². The Labute approximate surface area is 153 Å². The highest BCUT2D eigenvalue weighted by molar-refractivity contribution is 5.40. The number of hydrogen-bond donors (Lipinski definition) is 0. The number of benzene rings is 1. The maximum absolute atomic E-state index is 5.96. The first-order valence-electron chi connectivity index (χ1n) is 9.42. The van der Waals surface area contributed by atoms with Crippen molar-refractivity contribution < 1.29 is 9.47 Å². The van der Waals surface area contributed by atoms with Gasteiger partial charge < -0.3 is 14.4 Å². The molecule has 0 spiro atoms. The van der Waals surface area contributed by atoms with Crippen LogP contribution in [0.5, 0.6) is 5.75 Å². The van der Waals surface area contributed by atoms with Gasteiger partial charge in [-0.2, -0.15) is 0 Å². The molecule has 1 aromatic heterocycles. The molecule has 3 aliphatic heterocycles. The molecule has 0 unspecified atom stereocenters. The molecule has 26 heavy (non-hydrogen) atoms. The highest BCUT2D eigenvalue weighted by Crippen LogP contribution is 2.28. The SMILES string of the molecule is c1cnc(N2C[C@@H]3COC[C@H](C2)N(Cc2ccc4c(c2)CCO4)C3)cn1. The molecule has 2 saturated heterocycles. The second-order valence-corrected chi connectivity index (χ2v) is 7.50. The molecule has 0 aliphatic carbocycles. The number of nitrogens with zero attached hydrogens (tertiary/aromatic N) is 4. The highest BCUT2D eigenvalue weighted by atomic mass is 16.5. The molecular weight excluding hydrogens is 328 g/mol. The Bertz CT molecular complexity index is 770. The monoisotopic (exact) mass is 352 g/mol. The molecule has 0 saturated carbocycles. The largest absolute Gasteiger partial charge is 0.493 e. The van der Waals surface area contributed by atoms with Crippen molar-refractivity contribution in [2.24, 2.45) is 5.92 Å². The maximum Gasteiger partial charge on any atom is 0.147 e. The average molecular weight is 352 g/mol. The molecule has 2 atom stereocenters. The molecule has 2 aromatic rings. The van der Waals surface area contributed by atoms with E-state index in [1.54, 1.807) is 12.4 Å². The predicted molar refractivity (Wildman–Crippen MR) is 98.4 cm³/mol. The lowest BCUT2D eigenvalue weighted by atomic mass is 10.1. The van der Waals surface area contributed by atoms with E-state index in [2.05, 4.69) is 38.0 Å². The molecule has 6 heteroatoms. The number of hydrogen-bond acceptors (Lipinski definition) is 6.